The standard InChI is InChI=1S/C16H25N3O5/c1-3-5-16(9-20)8-19(6-4-12(16)21)13(22)7-11-10(2)17-15(24)18-14(11)23/h12,20-21H,3-9H2,1-2H3,(H2,17,18,23,24)/t12-,16+/m1/s1. The van der Waals surface area contributed by atoms with E-state index in [9.17, 15) is 24.6 Å². The van der Waals surface area contributed by atoms with Gasteiger partial charge in [-0.05, 0) is 19.8 Å². The van der Waals surface area contributed by atoms with Crippen LogP contribution in [-0.2, 0) is 11.2 Å². The van der Waals surface area contributed by atoms with Gasteiger partial charge in [-0.1, -0.05) is 13.3 Å². The molecule has 0 aliphatic carbocycles. The zero-order valence-electron chi connectivity index (χ0n) is 14.1. The number of carbonyl (C=O) groups excluding carboxylic acids is 1. The van der Waals surface area contributed by atoms with Crippen molar-refractivity contribution >= 4 is 5.91 Å². The second kappa shape index (κ2) is 7.31. The van der Waals surface area contributed by atoms with Gasteiger partial charge in [0.15, 0.2) is 0 Å². The summed E-state index contributed by atoms with van der Waals surface area (Å²) in [5.41, 5.74) is -1.28. The van der Waals surface area contributed by atoms with Crippen LogP contribution < -0.4 is 11.2 Å². The summed E-state index contributed by atoms with van der Waals surface area (Å²) in [7, 11) is 0. The summed E-state index contributed by atoms with van der Waals surface area (Å²) in [5.74, 6) is -0.253. The van der Waals surface area contributed by atoms with Crippen LogP contribution in [0.3, 0.4) is 0 Å². The van der Waals surface area contributed by atoms with Gasteiger partial charge in [0.2, 0.25) is 5.91 Å². The molecular formula is C16H25N3O5. The Kier molecular flexibility index (Phi) is 5.61. The largest absolute Gasteiger partial charge is 0.396 e. The molecule has 134 valence electrons. The van der Waals surface area contributed by atoms with Crippen molar-refractivity contribution in [3.8, 4) is 0 Å². The number of hydrogen-bond donors (Lipinski definition) is 4. The third kappa shape index (κ3) is 3.59. The van der Waals surface area contributed by atoms with Crippen molar-refractivity contribution in [3.05, 3.63) is 32.1 Å². The fraction of sp³-hybridized carbons (Fsp3) is 0.688. The number of aliphatic hydroxyl groups excluding tert-OH is 2. The highest BCUT2D eigenvalue weighted by Crippen LogP contribution is 2.34. The molecule has 0 saturated carbocycles. The Morgan fingerprint density at radius 1 is 1.38 bits per heavy atom. The van der Waals surface area contributed by atoms with Crippen LogP contribution in [0.1, 0.15) is 37.4 Å². The Morgan fingerprint density at radius 3 is 2.67 bits per heavy atom. The lowest BCUT2D eigenvalue weighted by molar-refractivity contribution is -0.141. The van der Waals surface area contributed by atoms with Crippen LogP contribution in [0.25, 0.3) is 0 Å². The molecule has 2 heterocycles. The summed E-state index contributed by atoms with van der Waals surface area (Å²) in [4.78, 5) is 41.9. The van der Waals surface area contributed by atoms with E-state index in [0.29, 0.717) is 25.1 Å². The average Bonchev–Trinajstić information content (AvgIpc) is 2.53. The van der Waals surface area contributed by atoms with Gasteiger partial charge >= 0.3 is 5.69 Å². The number of aliphatic hydroxyl groups is 2. The molecule has 8 heteroatoms. The molecule has 0 radical (unpaired) electrons. The highest BCUT2D eigenvalue weighted by molar-refractivity contribution is 5.79. The molecule has 2 rings (SSSR count). The maximum Gasteiger partial charge on any atom is 0.325 e. The fourth-order valence-electron chi connectivity index (χ4n) is 3.44. The summed E-state index contributed by atoms with van der Waals surface area (Å²) >= 11 is 0. The summed E-state index contributed by atoms with van der Waals surface area (Å²) < 4.78 is 0. The quantitative estimate of drug-likeness (QED) is 0.563. The average molecular weight is 339 g/mol. The number of amides is 1. The monoisotopic (exact) mass is 339 g/mol. The topological polar surface area (TPSA) is 126 Å². The van der Waals surface area contributed by atoms with Gasteiger partial charge in [0.1, 0.15) is 0 Å². The lowest BCUT2D eigenvalue weighted by atomic mass is 9.74. The van der Waals surface area contributed by atoms with Gasteiger partial charge in [-0.15, -0.1) is 0 Å². The number of aryl methyl sites for hydroxylation is 1. The van der Waals surface area contributed by atoms with Crippen LogP contribution in [-0.4, -0.2) is 56.8 Å². The number of H-pyrrole nitrogens is 2. The van der Waals surface area contributed by atoms with Crippen LogP contribution in [0.2, 0.25) is 0 Å². The van der Waals surface area contributed by atoms with E-state index in [1.807, 2.05) is 6.92 Å². The molecule has 1 aliphatic rings. The highest BCUT2D eigenvalue weighted by Gasteiger charge is 2.42. The number of aromatic amines is 2. The predicted octanol–water partition coefficient (Wildman–Crippen LogP) is -0.714. The van der Waals surface area contributed by atoms with E-state index in [2.05, 4.69) is 9.97 Å². The molecule has 8 nitrogen and oxygen atoms in total. The van der Waals surface area contributed by atoms with Crippen LogP contribution in [0, 0.1) is 12.3 Å². The third-order valence-corrected chi connectivity index (χ3v) is 4.88. The van der Waals surface area contributed by atoms with E-state index in [1.54, 1.807) is 11.8 Å². The van der Waals surface area contributed by atoms with Crippen molar-refractivity contribution in [3.63, 3.8) is 0 Å². The first-order valence-electron chi connectivity index (χ1n) is 8.21. The SMILES string of the molecule is CCC[C@@]1(CO)CN(C(=O)Cc2c(C)[nH]c(=O)[nH]c2=O)CC[C@H]1O. The number of piperidine rings is 1. The first-order chi connectivity index (χ1) is 11.3. The van der Waals surface area contributed by atoms with Crippen molar-refractivity contribution in [2.24, 2.45) is 5.41 Å². The molecule has 1 aliphatic heterocycles. The molecule has 1 amide bonds. The molecule has 2 atom stereocenters. The Labute approximate surface area is 139 Å². The van der Waals surface area contributed by atoms with Crippen molar-refractivity contribution in [1.29, 1.82) is 0 Å². The molecule has 1 aromatic heterocycles. The van der Waals surface area contributed by atoms with Crippen LogP contribution >= 0.6 is 0 Å². The van der Waals surface area contributed by atoms with Crippen LogP contribution in [0.4, 0.5) is 0 Å². The fourth-order valence-corrected chi connectivity index (χ4v) is 3.44. The Bertz CT molecular complexity index is 710. The van der Waals surface area contributed by atoms with E-state index >= 15 is 0 Å². The third-order valence-electron chi connectivity index (χ3n) is 4.88. The lowest BCUT2D eigenvalue weighted by Crippen LogP contribution is -2.55. The molecule has 0 aromatic carbocycles. The van der Waals surface area contributed by atoms with E-state index < -0.39 is 22.8 Å². The second-order valence-electron chi connectivity index (χ2n) is 6.58. The molecule has 0 unspecified atom stereocenters. The Hall–Kier alpha value is -1.93. The molecule has 1 fully saturated rings. The predicted molar refractivity (Wildman–Crippen MR) is 87.8 cm³/mol. The number of carbonyl (C=O) groups is 1. The highest BCUT2D eigenvalue weighted by atomic mass is 16.3. The van der Waals surface area contributed by atoms with Gasteiger partial charge in [0.05, 0.1) is 19.1 Å². The zero-order chi connectivity index (χ0) is 17.9. The molecule has 4 N–H and O–H groups in total. The first-order valence-corrected chi connectivity index (χ1v) is 8.21. The molecule has 0 bridgehead atoms. The van der Waals surface area contributed by atoms with Crippen molar-refractivity contribution in [2.75, 3.05) is 19.7 Å². The van der Waals surface area contributed by atoms with Gasteiger partial charge in [-0.2, -0.15) is 0 Å². The van der Waals surface area contributed by atoms with Crippen molar-refractivity contribution in [1.82, 2.24) is 14.9 Å². The number of nitrogens with one attached hydrogen (secondary N) is 2. The molecule has 1 aromatic rings. The van der Waals surface area contributed by atoms with E-state index in [4.69, 9.17) is 0 Å². The second-order valence-corrected chi connectivity index (χ2v) is 6.58. The van der Waals surface area contributed by atoms with Gasteiger partial charge in [0, 0.05) is 29.8 Å². The van der Waals surface area contributed by atoms with Gasteiger partial charge in [0.25, 0.3) is 5.56 Å². The van der Waals surface area contributed by atoms with E-state index in [1.165, 1.54) is 0 Å². The van der Waals surface area contributed by atoms with Crippen LogP contribution in [0.5, 0.6) is 0 Å². The van der Waals surface area contributed by atoms with Crippen LogP contribution in [0.15, 0.2) is 9.59 Å². The van der Waals surface area contributed by atoms with E-state index in [-0.39, 0.29) is 31.0 Å². The number of aromatic nitrogens is 2. The Balaban J connectivity index is 2.19. The van der Waals surface area contributed by atoms with Gasteiger partial charge in [-0.25, -0.2) is 4.79 Å². The summed E-state index contributed by atoms with van der Waals surface area (Å²) in [6.07, 6.45) is 1.03. The smallest absolute Gasteiger partial charge is 0.325 e. The number of nitrogens with zero attached hydrogens (tertiary/aromatic N) is 1. The Morgan fingerprint density at radius 2 is 2.08 bits per heavy atom. The maximum atomic E-state index is 12.6. The van der Waals surface area contributed by atoms with Gasteiger partial charge in [-0.3, -0.25) is 14.6 Å². The molecular weight excluding hydrogens is 314 g/mol. The number of rotatable bonds is 5. The minimum atomic E-state index is -0.713. The van der Waals surface area contributed by atoms with Gasteiger partial charge < -0.3 is 20.1 Å². The summed E-state index contributed by atoms with van der Waals surface area (Å²) in [6, 6.07) is 0. The minimum absolute atomic E-state index is 0.123. The first kappa shape index (κ1) is 18.4. The molecule has 1 saturated heterocycles. The van der Waals surface area contributed by atoms with Crippen molar-refractivity contribution in [2.45, 2.75) is 45.6 Å². The zero-order valence-corrected chi connectivity index (χ0v) is 14.1. The lowest BCUT2D eigenvalue weighted by Gasteiger charge is -2.45. The maximum absolute atomic E-state index is 12.6. The normalized spacial score (nSPS) is 24.2. The number of likely N-dealkylation sites (tertiary alicyclic amines) is 1. The molecule has 0 spiro atoms. The van der Waals surface area contributed by atoms with E-state index in [0.717, 1.165) is 6.42 Å². The number of hydrogen-bond acceptors (Lipinski definition) is 5. The minimum Gasteiger partial charge on any atom is -0.396 e. The molecule has 24 heavy (non-hydrogen) atoms. The summed E-state index contributed by atoms with van der Waals surface area (Å²) in [5, 5.41) is 20.0. The summed E-state index contributed by atoms with van der Waals surface area (Å²) in [6.45, 7) is 4.00. The van der Waals surface area contributed by atoms with Crippen molar-refractivity contribution < 1.29 is 15.0 Å².